The molecule has 220 valence electrons. The molecule has 0 unspecified atom stereocenters. The number of hydrogen-bond acceptors (Lipinski definition) is 6. The van der Waals surface area contributed by atoms with Crippen LogP contribution in [0.4, 0.5) is 4.39 Å². The third kappa shape index (κ3) is 6.86. The van der Waals surface area contributed by atoms with Gasteiger partial charge in [-0.25, -0.2) is 9.40 Å². The first kappa shape index (κ1) is 29.4. The van der Waals surface area contributed by atoms with Gasteiger partial charge in [0.1, 0.15) is 18.1 Å². The number of methoxy groups -OCH3 is 1. The number of nitrogens with zero attached hydrogens (tertiary/aromatic N) is 4. The zero-order valence-corrected chi connectivity index (χ0v) is 24.4. The van der Waals surface area contributed by atoms with Gasteiger partial charge in [-0.1, -0.05) is 24.3 Å². The number of benzene rings is 3. The van der Waals surface area contributed by atoms with Crippen LogP contribution in [0.3, 0.4) is 0 Å². The van der Waals surface area contributed by atoms with E-state index < -0.39 is 6.04 Å². The molecule has 0 saturated carbocycles. The maximum atomic E-state index is 14.0. The van der Waals surface area contributed by atoms with E-state index >= 15 is 0 Å². The van der Waals surface area contributed by atoms with Gasteiger partial charge in [-0.3, -0.25) is 14.5 Å². The number of halogens is 1. The quantitative estimate of drug-likeness (QED) is 0.375. The molecule has 1 atom stereocenters. The summed E-state index contributed by atoms with van der Waals surface area (Å²) < 4.78 is 24.5. The Morgan fingerprint density at radius 1 is 1.00 bits per heavy atom. The second kappa shape index (κ2) is 13.3. The minimum Gasteiger partial charge on any atom is -0.497 e. The Morgan fingerprint density at radius 3 is 2.38 bits per heavy atom. The molecule has 0 aliphatic carbocycles. The molecule has 2 amide bonds. The average molecular weight is 573 g/mol. The Balaban J connectivity index is 1.42. The highest BCUT2D eigenvalue weighted by Gasteiger charge is 2.35. The Kier molecular flexibility index (Phi) is 9.29. The van der Waals surface area contributed by atoms with Gasteiger partial charge in [-0.2, -0.15) is 5.10 Å². The molecule has 0 N–H and O–H groups in total. The SMILES string of the molecule is COc1ccc(C(=O)N(CCN2CCOCC2)CC(=O)N2N=C(c3ccc(C)c(C)c3)C[C@H]2c2ccc(F)cc2)cc1. The third-order valence-corrected chi connectivity index (χ3v) is 8.00. The van der Waals surface area contributed by atoms with Crippen LogP contribution in [0.25, 0.3) is 0 Å². The van der Waals surface area contributed by atoms with Crippen LogP contribution in [0, 0.1) is 19.7 Å². The van der Waals surface area contributed by atoms with Crippen LogP contribution in [0.15, 0.2) is 71.8 Å². The van der Waals surface area contributed by atoms with Gasteiger partial charge in [-0.15, -0.1) is 0 Å². The number of carbonyl (C=O) groups excluding carboxylic acids is 2. The largest absolute Gasteiger partial charge is 0.497 e. The Labute approximate surface area is 246 Å². The van der Waals surface area contributed by atoms with Crippen LogP contribution < -0.4 is 4.74 Å². The number of morpholine rings is 1. The van der Waals surface area contributed by atoms with Crippen molar-refractivity contribution in [1.82, 2.24) is 14.8 Å². The number of rotatable bonds is 9. The molecule has 5 rings (SSSR count). The van der Waals surface area contributed by atoms with Crippen LogP contribution in [-0.4, -0.2) is 85.4 Å². The molecule has 0 radical (unpaired) electrons. The van der Waals surface area contributed by atoms with Crippen molar-refractivity contribution >= 4 is 17.5 Å². The number of hydrogen-bond donors (Lipinski definition) is 0. The molecule has 8 nitrogen and oxygen atoms in total. The average Bonchev–Trinajstić information content (AvgIpc) is 3.47. The highest BCUT2D eigenvalue weighted by molar-refractivity contribution is 6.04. The molecule has 2 aliphatic rings. The smallest absolute Gasteiger partial charge is 0.262 e. The highest BCUT2D eigenvalue weighted by atomic mass is 19.1. The summed E-state index contributed by atoms with van der Waals surface area (Å²) in [7, 11) is 1.57. The van der Waals surface area contributed by atoms with E-state index in [0.717, 1.165) is 35.5 Å². The Bertz CT molecular complexity index is 1440. The fraction of sp³-hybridized carbons (Fsp3) is 0.364. The Morgan fingerprint density at radius 2 is 1.71 bits per heavy atom. The van der Waals surface area contributed by atoms with Gasteiger partial charge in [0.05, 0.1) is 32.1 Å². The lowest BCUT2D eigenvalue weighted by molar-refractivity contribution is -0.133. The number of aryl methyl sites for hydroxylation is 2. The van der Waals surface area contributed by atoms with Crippen LogP contribution in [0.2, 0.25) is 0 Å². The summed E-state index contributed by atoms with van der Waals surface area (Å²) >= 11 is 0. The van der Waals surface area contributed by atoms with Crippen molar-refractivity contribution in [3.8, 4) is 5.75 Å². The molecule has 3 aromatic rings. The van der Waals surface area contributed by atoms with Gasteiger partial charge in [0, 0.05) is 38.2 Å². The molecule has 1 saturated heterocycles. The number of hydrazone groups is 1. The molecule has 0 spiro atoms. The van der Waals surface area contributed by atoms with Crippen molar-refractivity contribution < 1.29 is 23.5 Å². The van der Waals surface area contributed by atoms with Gasteiger partial charge in [0.25, 0.3) is 11.8 Å². The number of ether oxygens (including phenoxy) is 2. The van der Waals surface area contributed by atoms with Crippen molar-refractivity contribution in [2.24, 2.45) is 5.10 Å². The van der Waals surface area contributed by atoms with Crippen LogP contribution in [0.5, 0.6) is 5.75 Å². The van der Waals surface area contributed by atoms with Crippen molar-refractivity contribution in [2.75, 3.05) is 53.0 Å². The lowest BCUT2D eigenvalue weighted by Gasteiger charge is -2.31. The predicted octanol–water partition coefficient (Wildman–Crippen LogP) is 4.60. The maximum absolute atomic E-state index is 14.0. The highest BCUT2D eigenvalue weighted by Crippen LogP contribution is 2.33. The molecule has 0 aromatic heterocycles. The first-order valence-electron chi connectivity index (χ1n) is 14.3. The standard InChI is InChI=1S/C33H37FN4O4/c1-23-4-5-27(20-24(23)2)30-21-31(25-6-10-28(34)11-7-25)38(35-30)32(39)22-37(15-14-36-16-18-42-19-17-36)33(40)26-8-12-29(41-3)13-9-26/h4-13,20,31H,14-19,21-22H2,1-3H3/t31-/m0/s1. The summed E-state index contributed by atoms with van der Waals surface area (Å²) in [4.78, 5) is 31.5. The molecule has 1 fully saturated rings. The minimum atomic E-state index is -0.410. The van der Waals surface area contributed by atoms with Crippen molar-refractivity contribution in [3.05, 3.63) is 100 Å². The van der Waals surface area contributed by atoms with Crippen LogP contribution >= 0.6 is 0 Å². The zero-order chi connectivity index (χ0) is 29.6. The fourth-order valence-corrected chi connectivity index (χ4v) is 5.27. The second-order valence-corrected chi connectivity index (χ2v) is 10.8. The monoisotopic (exact) mass is 572 g/mol. The van der Waals surface area contributed by atoms with Crippen molar-refractivity contribution in [2.45, 2.75) is 26.3 Å². The van der Waals surface area contributed by atoms with E-state index in [-0.39, 0.29) is 24.2 Å². The topological polar surface area (TPSA) is 74.7 Å². The van der Waals surface area contributed by atoms with E-state index in [4.69, 9.17) is 14.6 Å². The van der Waals surface area contributed by atoms with Gasteiger partial charge in [0.2, 0.25) is 0 Å². The molecule has 3 aromatic carbocycles. The summed E-state index contributed by atoms with van der Waals surface area (Å²) in [5, 5.41) is 6.27. The zero-order valence-electron chi connectivity index (χ0n) is 24.4. The summed E-state index contributed by atoms with van der Waals surface area (Å²) in [6, 6.07) is 18.8. The minimum absolute atomic E-state index is 0.142. The van der Waals surface area contributed by atoms with E-state index in [1.54, 1.807) is 48.4 Å². The first-order valence-corrected chi connectivity index (χ1v) is 14.3. The van der Waals surface area contributed by atoms with E-state index in [2.05, 4.69) is 17.9 Å². The van der Waals surface area contributed by atoms with E-state index in [0.29, 0.717) is 44.0 Å². The van der Waals surface area contributed by atoms with E-state index in [1.165, 1.54) is 22.7 Å². The maximum Gasteiger partial charge on any atom is 0.262 e. The van der Waals surface area contributed by atoms with E-state index in [1.807, 2.05) is 19.1 Å². The van der Waals surface area contributed by atoms with E-state index in [9.17, 15) is 14.0 Å². The van der Waals surface area contributed by atoms with Gasteiger partial charge < -0.3 is 14.4 Å². The molecule has 42 heavy (non-hydrogen) atoms. The fourth-order valence-electron chi connectivity index (χ4n) is 5.27. The molecule has 2 heterocycles. The van der Waals surface area contributed by atoms with Crippen LogP contribution in [0.1, 0.15) is 45.1 Å². The lowest BCUT2D eigenvalue weighted by Crippen LogP contribution is -2.46. The Hall–Kier alpha value is -4.08. The lowest BCUT2D eigenvalue weighted by atomic mass is 9.96. The molecule has 9 heteroatoms. The first-order chi connectivity index (χ1) is 20.3. The van der Waals surface area contributed by atoms with Crippen LogP contribution in [-0.2, 0) is 9.53 Å². The predicted molar refractivity (Wildman–Crippen MR) is 159 cm³/mol. The van der Waals surface area contributed by atoms with Crippen molar-refractivity contribution in [1.29, 1.82) is 0 Å². The van der Waals surface area contributed by atoms with Gasteiger partial charge in [-0.05, 0) is 78.6 Å². The summed E-state index contributed by atoms with van der Waals surface area (Å²) in [5.41, 5.74) is 5.29. The summed E-state index contributed by atoms with van der Waals surface area (Å²) in [5.74, 6) is -0.235. The summed E-state index contributed by atoms with van der Waals surface area (Å²) in [6.45, 7) is 7.81. The molecular formula is C33H37FN4O4. The third-order valence-electron chi connectivity index (χ3n) is 8.00. The van der Waals surface area contributed by atoms with Gasteiger partial charge in [0.15, 0.2) is 0 Å². The molecule has 2 aliphatic heterocycles. The normalized spacial score (nSPS) is 17.2. The molecular weight excluding hydrogens is 535 g/mol. The number of carbonyl (C=O) groups is 2. The number of amides is 2. The van der Waals surface area contributed by atoms with Crippen molar-refractivity contribution in [3.63, 3.8) is 0 Å². The molecule has 0 bridgehead atoms. The van der Waals surface area contributed by atoms with Gasteiger partial charge >= 0.3 is 0 Å². The second-order valence-electron chi connectivity index (χ2n) is 10.8. The summed E-state index contributed by atoms with van der Waals surface area (Å²) in [6.07, 6.45) is 0.486.